The van der Waals surface area contributed by atoms with E-state index in [0.717, 1.165) is 36.2 Å². The average molecular weight is 454 g/mol. The summed E-state index contributed by atoms with van der Waals surface area (Å²) in [4.78, 5) is 15.1. The van der Waals surface area contributed by atoms with Crippen LogP contribution in [-0.2, 0) is 21.2 Å². The van der Waals surface area contributed by atoms with Crippen LogP contribution in [-0.4, -0.2) is 57.3 Å². The number of halogens is 1. The third-order valence-electron chi connectivity index (χ3n) is 5.23. The normalized spacial score (nSPS) is 16.5. The van der Waals surface area contributed by atoms with Crippen molar-refractivity contribution in [1.82, 2.24) is 14.5 Å². The molecule has 0 saturated carbocycles. The number of rotatable bonds is 8. The van der Waals surface area contributed by atoms with Crippen LogP contribution in [0.5, 0.6) is 0 Å². The molecule has 6 nitrogen and oxygen atoms in total. The van der Waals surface area contributed by atoms with Crippen LogP contribution < -0.4 is 5.32 Å². The summed E-state index contributed by atoms with van der Waals surface area (Å²) < 4.78 is 40.9. The van der Waals surface area contributed by atoms with Gasteiger partial charge in [0.25, 0.3) is 10.0 Å². The maximum absolute atomic E-state index is 13.6. The van der Waals surface area contributed by atoms with Crippen molar-refractivity contribution < 1.29 is 17.6 Å². The van der Waals surface area contributed by atoms with E-state index in [1.165, 1.54) is 16.4 Å². The standard InChI is InChI=1S/C21H28FN3O3S2/c1-24(2)19(16-7-6-8-17(22)13-16)15-23-20(26)14-18-9-10-21(29-18)30(27,28)25-11-4-3-5-12-25/h6-10,13,19H,3-5,11-12,14-15H2,1-2H3,(H,23,26). The van der Waals surface area contributed by atoms with Crippen LogP contribution in [0.25, 0.3) is 0 Å². The number of nitrogens with one attached hydrogen (secondary N) is 1. The second-order valence-corrected chi connectivity index (χ2v) is 11.0. The van der Waals surface area contributed by atoms with Gasteiger partial charge in [0.05, 0.1) is 12.5 Å². The Morgan fingerprint density at radius 3 is 2.60 bits per heavy atom. The maximum atomic E-state index is 13.6. The molecule has 1 amide bonds. The highest BCUT2D eigenvalue weighted by atomic mass is 32.2. The van der Waals surface area contributed by atoms with Crippen LogP contribution in [0.4, 0.5) is 4.39 Å². The Morgan fingerprint density at radius 1 is 1.20 bits per heavy atom. The van der Waals surface area contributed by atoms with Crippen molar-refractivity contribution in [2.45, 2.75) is 35.9 Å². The molecule has 1 atom stereocenters. The first-order valence-electron chi connectivity index (χ1n) is 10.0. The highest BCUT2D eigenvalue weighted by molar-refractivity contribution is 7.91. The summed E-state index contributed by atoms with van der Waals surface area (Å²) in [5.74, 6) is -0.506. The van der Waals surface area contributed by atoms with Crippen LogP contribution in [0, 0.1) is 5.82 Å². The number of sulfonamides is 1. The van der Waals surface area contributed by atoms with E-state index >= 15 is 0 Å². The van der Waals surface area contributed by atoms with E-state index in [2.05, 4.69) is 5.32 Å². The highest BCUT2D eigenvalue weighted by Crippen LogP contribution is 2.27. The molecule has 1 unspecified atom stereocenters. The number of piperidine rings is 1. The first-order chi connectivity index (χ1) is 14.3. The number of amides is 1. The zero-order valence-corrected chi connectivity index (χ0v) is 18.9. The second kappa shape index (κ2) is 10.00. The number of nitrogens with zero attached hydrogens (tertiary/aromatic N) is 2. The smallest absolute Gasteiger partial charge is 0.252 e. The fraction of sp³-hybridized carbons (Fsp3) is 0.476. The van der Waals surface area contributed by atoms with Gasteiger partial charge in [-0.2, -0.15) is 4.31 Å². The Hall–Kier alpha value is -1.81. The second-order valence-electron chi connectivity index (χ2n) is 7.70. The number of likely N-dealkylation sites (N-methyl/N-ethyl adjacent to an activating group) is 1. The molecule has 0 spiro atoms. The monoisotopic (exact) mass is 453 g/mol. The van der Waals surface area contributed by atoms with Gasteiger partial charge in [-0.25, -0.2) is 12.8 Å². The van der Waals surface area contributed by atoms with E-state index < -0.39 is 10.0 Å². The molecule has 1 aromatic heterocycles. The number of carbonyl (C=O) groups is 1. The van der Waals surface area contributed by atoms with Gasteiger partial charge in [-0.3, -0.25) is 4.79 Å². The molecule has 3 rings (SSSR count). The van der Waals surface area contributed by atoms with Crippen molar-refractivity contribution in [1.29, 1.82) is 0 Å². The summed E-state index contributed by atoms with van der Waals surface area (Å²) in [5.41, 5.74) is 0.784. The molecule has 30 heavy (non-hydrogen) atoms. The maximum Gasteiger partial charge on any atom is 0.252 e. The zero-order chi connectivity index (χ0) is 21.7. The highest BCUT2D eigenvalue weighted by Gasteiger charge is 2.27. The van der Waals surface area contributed by atoms with Crippen molar-refractivity contribution in [3.63, 3.8) is 0 Å². The Kier molecular flexibility index (Phi) is 7.62. The fourth-order valence-corrected chi connectivity index (χ4v) is 6.59. The van der Waals surface area contributed by atoms with Gasteiger partial charge in [-0.1, -0.05) is 18.6 Å². The lowest BCUT2D eigenvalue weighted by Gasteiger charge is -2.25. The molecule has 0 bridgehead atoms. The van der Waals surface area contributed by atoms with Crippen LogP contribution >= 0.6 is 11.3 Å². The third-order valence-corrected chi connectivity index (χ3v) is 8.68. The van der Waals surface area contributed by atoms with Gasteiger partial charge in [0.2, 0.25) is 5.91 Å². The summed E-state index contributed by atoms with van der Waals surface area (Å²) in [6.07, 6.45) is 2.95. The lowest BCUT2D eigenvalue weighted by Crippen LogP contribution is -2.35. The average Bonchev–Trinajstić information content (AvgIpc) is 3.18. The Morgan fingerprint density at radius 2 is 1.93 bits per heavy atom. The minimum absolute atomic E-state index is 0.115. The molecule has 0 radical (unpaired) electrons. The first kappa shape index (κ1) is 22.9. The Labute approximate surface area is 181 Å². The molecule has 1 saturated heterocycles. The van der Waals surface area contributed by atoms with Gasteiger partial charge in [-0.15, -0.1) is 11.3 Å². The van der Waals surface area contributed by atoms with E-state index in [9.17, 15) is 17.6 Å². The molecule has 2 aromatic rings. The zero-order valence-electron chi connectivity index (χ0n) is 17.3. The first-order valence-corrected chi connectivity index (χ1v) is 12.3. The third kappa shape index (κ3) is 5.66. The number of benzene rings is 1. The van der Waals surface area contributed by atoms with E-state index in [1.807, 2.05) is 25.1 Å². The summed E-state index contributed by atoms with van der Waals surface area (Å²) in [6, 6.07) is 9.47. The number of carbonyl (C=O) groups excluding carboxylic acids is 1. The van der Waals surface area contributed by atoms with E-state index in [0.29, 0.717) is 24.5 Å². The summed E-state index contributed by atoms with van der Waals surface area (Å²) in [6.45, 7) is 1.45. The van der Waals surface area contributed by atoms with Gasteiger partial charge < -0.3 is 10.2 Å². The van der Waals surface area contributed by atoms with Gasteiger partial charge in [-0.05, 0) is 56.8 Å². The molecular weight excluding hydrogens is 425 g/mol. The van der Waals surface area contributed by atoms with Crippen molar-refractivity contribution in [2.75, 3.05) is 33.7 Å². The van der Waals surface area contributed by atoms with Gasteiger partial charge >= 0.3 is 0 Å². The molecular formula is C21H28FN3O3S2. The van der Waals surface area contributed by atoms with Crippen LogP contribution in [0.1, 0.15) is 35.7 Å². The van der Waals surface area contributed by atoms with Crippen LogP contribution in [0.2, 0.25) is 0 Å². The molecule has 1 aromatic carbocycles. The lowest BCUT2D eigenvalue weighted by atomic mass is 10.1. The topological polar surface area (TPSA) is 69.7 Å². The van der Waals surface area contributed by atoms with Crippen molar-refractivity contribution in [3.05, 3.63) is 52.7 Å². The number of thiophene rings is 1. The molecule has 2 heterocycles. The van der Waals surface area contributed by atoms with Crippen molar-refractivity contribution >= 4 is 27.3 Å². The quantitative estimate of drug-likeness (QED) is 0.667. The van der Waals surface area contributed by atoms with Crippen molar-refractivity contribution in [3.8, 4) is 0 Å². The van der Waals surface area contributed by atoms with E-state index in [1.54, 1.807) is 18.2 Å². The summed E-state index contributed by atoms with van der Waals surface area (Å²) in [5, 5.41) is 2.89. The molecule has 0 aliphatic carbocycles. The largest absolute Gasteiger partial charge is 0.354 e. The van der Waals surface area contributed by atoms with Gasteiger partial charge in [0.15, 0.2) is 0 Å². The summed E-state index contributed by atoms with van der Waals surface area (Å²) >= 11 is 1.15. The Bertz CT molecular complexity index is 969. The van der Waals surface area contributed by atoms with Crippen LogP contribution in [0.15, 0.2) is 40.6 Å². The molecule has 1 fully saturated rings. The minimum Gasteiger partial charge on any atom is -0.354 e. The lowest BCUT2D eigenvalue weighted by molar-refractivity contribution is -0.120. The molecule has 164 valence electrons. The van der Waals surface area contributed by atoms with E-state index in [4.69, 9.17) is 0 Å². The van der Waals surface area contributed by atoms with E-state index in [-0.39, 0.29) is 28.4 Å². The molecule has 1 aliphatic rings. The fourth-order valence-electron chi connectivity index (χ4n) is 3.57. The van der Waals surface area contributed by atoms with Gasteiger partial charge in [0.1, 0.15) is 10.0 Å². The predicted molar refractivity (Wildman–Crippen MR) is 116 cm³/mol. The van der Waals surface area contributed by atoms with Gasteiger partial charge in [0, 0.05) is 24.5 Å². The van der Waals surface area contributed by atoms with Crippen LogP contribution in [0.3, 0.4) is 0 Å². The number of hydrogen-bond acceptors (Lipinski definition) is 5. The minimum atomic E-state index is -3.48. The molecule has 1 aliphatic heterocycles. The Balaban J connectivity index is 1.60. The predicted octanol–water partition coefficient (Wildman–Crippen LogP) is 3.02. The van der Waals surface area contributed by atoms with Crippen molar-refractivity contribution in [2.24, 2.45) is 0 Å². The number of hydrogen-bond donors (Lipinski definition) is 1. The molecule has 1 N–H and O–H groups in total. The SMILES string of the molecule is CN(C)C(CNC(=O)Cc1ccc(S(=O)(=O)N2CCCCC2)s1)c1cccc(F)c1. The summed E-state index contributed by atoms with van der Waals surface area (Å²) in [7, 11) is 0.271. The molecule has 9 heteroatoms.